The van der Waals surface area contributed by atoms with Gasteiger partial charge < -0.3 is 20.9 Å². The van der Waals surface area contributed by atoms with Gasteiger partial charge in [-0.3, -0.25) is 5.32 Å². The molecular formula is C25H32N8O2. The summed E-state index contributed by atoms with van der Waals surface area (Å²) < 4.78 is 1.43. The van der Waals surface area contributed by atoms with Gasteiger partial charge in [-0.1, -0.05) is 18.6 Å². The highest BCUT2D eigenvalue weighted by Crippen LogP contribution is 2.31. The Labute approximate surface area is 204 Å². The molecule has 2 fully saturated rings. The maximum absolute atomic E-state index is 12.9. The molecule has 0 aliphatic carbocycles. The van der Waals surface area contributed by atoms with E-state index < -0.39 is 0 Å². The Morgan fingerprint density at radius 1 is 1.00 bits per heavy atom. The van der Waals surface area contributed by atoms with E-state index in [2.05, 4.69) is 25.5 Å². The van der Waals surface area contributed by atoms with Crippen LogP contribution in [0.25, 0.3) is 22.2 Å². The second kappa shape index (κ2) is 9.91. The summed E-state index contributed by atoms with van der Waals surface area (Å²) in [7, 11) is 1.56. The summed E-state index contributed by atoms with van der Waals surface area (Å²) in [6, 6.07) is 9.24. The van der Waals surface area contributed by atoms with Crippen molar-refractivity contribution >= 4 is 34.6 Å². The lowest BCUT2D eigenvalue weighted by atomic mass is 10.0. The van der Waals surface area contributed by atoms with E-state index in [4.69, 9.17) is 5.73 Å². The number of hydrogen-bond donors (Lipinski definition) is 3. The molecule has 2 aliphatic rings. The number of rotatable bonds is 3. The number of hydrogen-bond acceptors (Lipinski definition) is 6. The first-order valence-electron chi connectivity index (χ1n) is 12.3. The largest absolute Gasteiger partial charge is 0.385 e. The van der Waals surface area contributed by atoms with Crippen molar-refractivity contribution in [3.8, 4) is 11.3 Å². The van der Waals surface area contributed by atoms with Gasteiger partial charge in [0.05, 0.1) is 11.2 Å². The van der Waals surface area contributed by atoms with Gasteiger partial charge >= 0.3 is 12.1 Å². The zero-order valence-electron chi connectivity index (χ0n) is 20.0. The lowest BCUT2D eigenvalue weighted by molar-refractivity contribution is 0.104. The highest BCUT2D eigenvalue weighted by Gasteiger charge is 2.28. The summed E-state index contributed by atoms with van der Waals surface area (Å²) in [5, 5.41) is 6.34. The number of likely N-dealkylation sites (tertiary alicyclic amines) is 2. The number of nitrogens with zero attached hydrogens (tertiary/aromatic N) is 5. The van der Waals surface area contributed by atoms with Crippen molar-refractivity contribution in [3.05, 3.63) is 36.7 Å². The zero-order chi connectivity index (χ0) is 24.4. The summed E-state index contributed by atoms with van der Waals surface area (Å²) in [5.41, 5.74) is 8.24. The fourth-order valence-electron chi connectivity index (χ4n) is 5.29. The molecule has 3 aromatic rings. The van der Waals surface area contributed by atoms with Crippen molar-refractivity contribution < 1.29 is 9.59 Å². The Bertz CT molecular complexity index is 1230. The number of nitrogen functional groups attached to an aromatic ring is 1. The van der Waals surface area contributed by atoms with Crippen LogP contribution in [-0.4, -0.2) is 75.7 Å². The molecule has 1 aromatic carbocycles. The van der Waals surface area contributed by atoms with E-state index in [1.807, 2.05) is 23.1 Å². The van der Waals surface area contributed by atoms with Crippen molar-refractivity contribution in [3.63, 3.8) is 0 Å². The summed E-state index contributed by atoms with van der Waals surface area (Å²) in [6.45, 7) is 3.87. The number of carbonyl (C=O) groups is 2. The standard InChI is InChI=1S/C25H32N8O2/c1-27-24(34)33-21-7-5-6-18(19(21)14-22(33)26)20-15-23(29-16-28-20)30-25(35)32-12-8-17(9-13-32)31-10-3-2-4-11-31/h5-7,14-17H,2-4,8-13,26H2,1H3,(H,27,34)(H,28,29,30,35). The molecule has 0 atom stereocenters. The molecule has 5 rings (SSSR count). The number of nitrogens with one attached hydrogen (secondary N) is 2. The summed E-state index contributed by atoms with van der Waals surface area (Å²) in [4.78, 5) is 38.4. The minimum atomic E-state index is -0.311. The number of carbonyl (C=O) groups excluding carboxylic acids is 2. The van der Waals surface area contributed by atoms with Crippen molar-refractivity contribution in [2.45, 2.75) is 38.1 Å². The van der Waals surface area contributed by atoms with Gasteiger partial charge in [-0.25, -0.2) is 24.1 Å². The third-order valence-electron chi connectivity index (χ3n) is 7.13. The quantitative estimate of drug-likeness (QED) is 0.533. The molecule has 2 aromatic heterocycles. The highest BCUT2D eigenvalue weighted by molar-refractivity contribution is 6.03. The Morgan fingerprint density at radius 2 is 1.77 bits per heavy atom. The number of piperidine rings is 2. The van der Waals surface area contributed by atoms with Gasteiger partial charge in [0.1, 0.15) is 18.0 Å². The molecule has 0 saturated carbocycles. The Morgan fingerprint density at radius 3 is 2.51 bits per heavy atom. The van der Waals surface area contributed by atoms with E-state index in [1.54, 1.807) is 19.2 Å². The maximum Gasteiger partial charge on any atom is 0.327 e. The first-order chi connectivity index (χ1) is 17.0. The molecule has 10 heteroatoms. The van der Waals surface area contributed by atoms with E-state index >= 15 is 0 Å². The van der Waals surface area contributed by atoms with Crippen LogP contribution in [0, 0.1) is 0 Å². The van der Waals surface area contributed by atoms with Gasteiger partial charge in [0.25, 0.3) is 0 Å². The van der Waals surface area contributed by atoms with E-state index in [0.717, 1.165) is 36.9 Å². The number of urea groups is 1. The van der Waals surface area contributed by atoms with Gasteiger partial charge in [0.2, 0.25) is 0 Å². The normalized spacial score (nSPS) is 17.5. The van der Waals surface area contributed by atoms with E-state index in [-0.39, 0.29) is 12.1 Å². The average molecular weight is 477 g/mol. The fourth-order valence-corrected chi connectivity index (χ4v) is 5.29. The molecule has 10 nitrogen and oxygen atoms in total. The second-order valence-electron chi connectivity index (χ2n) is 9.23. The summed E-state index contributed by atoms with van der Waals surface area (Å²) in [5.74, 6) is 0.774. The number of aromatic nitrogens is 3. The molecule has 2 saturated heterocycles. The van der Waals surface area contributed by atoms with Crippen LogP contribution in [0.4, 0.5) is 21.2 Å². The smallest absolute Gasteiger partial charge is 0.327 e. The number of anilines is 2. The van der Waals surface area contributed by atoms with Crippen LogP contribution in [-0.2, 0) is 0 Å². The molecule has 0 bridgehead atoms. The van der Waals surface area contributed by atoms with Gasteiger partial charge in [-0.2, -0.15) is 0 Å². The fraction of sp³-hybridized carbons (Fsp3) is 0.440. The van der Waals surface area contributed by atoms with Crippen molar-refractivity contribution in [2.24, 2.45) is 0 Å². The van der Waals surface area contributed by atoms with Crippen LogP contribution >= 0.6 is 0 Å². The van der Waals surface area contributed by atoms with Gasteiger partial charge in [-0.05, 0) is 50.9 Å². The highest BCUT2D eigenvalue weighted by atomic mass is 16.2. The first-order valence-corrected chi connectivity index (χ1v) is 12.3. The van der Waals surface area contributed by atoms with Crippen LogP contribution < -0.4 is 16.4 Å². The molecule has 0 radical (unpaired) electrons. The predicted molar refractivity (Wildman–Crippen MR) is 136 cm³/mol. The third kappa shape index (κ3) is 4.66. The predicted octanol–water partition coefficient (Wildman–Crippen LogP) is 3.35. The third-order valence-corrected chi connectivity index (χ3v) is 7.13. The molecule has 0 unspecified atom stereocenters. The lowest BCUT2D eigenvalue weighted by Crippen LogP contribution is -2.49. The average Bonchev–Trinajstić information content (AvgIpc) is 3.24. The Kier molecular flexibility index (Phi) is 6.54. The van der Waals surface area contributed by atoms with Crippen LogP contribution in [0.2, 0.25) is 0 Å². The molecule has 35 heavy (non-hydrogen) atoms. The number of fused-ring (bicyclic) bond motifs is 1. The lowest BCUT2D eigenvalue weighted by Gasteiger charge is -2.40. The molecule has 2 aliphatic heterocycles. The second-order valence-corrected chi connectivity index (χ2v) is 9.23. The summed E-state index contributed by atoms with van der Waals surface area (Å²) in [6.07, 6.45) is 7.36. The number of nitrogens with two attached hydrogens (primary N) is 1. The first kappa shape index (κ1) is 23.1. The Hall–Kier alpha value is -3.66. The summed E-state index contributed by atoms with van der Waals surface area (Å²) >= 11 is 0. The van der Waals surface area contributed by atoms with Gasteiger partial charge in [-0.15, -0.1) is 0 Å². The molecule has 3 amide bonds. The van der Waals surface area contributed by atoms with Crippen molar-refractivity contribution in [1.29, 1.82) is 0 Å². The number of benzene rings is 1. The van der Waals surface area contributed by atoms with Gasteiger partial charge in [0, 0.05) is 43.2 Å². The SMILES string of the molecule is CNC(=O)n1c(N)cc2c(-c3cc(NC(=O)N4CCC(N5CCCCC5)CC4)ncn3)cccc21. The Balaban J connectivity index is 1.30. The molecule has 4 heterocycles. The van der Waals surface area contributed by atoms with Crippen LogP contribution in [0.5, 0.6) is 0 Å². The van der Waals surface area contributed by atoms with Crippen LogP contribution in [0.15, 0.2) is 36.7 Å². The van der Waals surface area contributed by atoms with E-state index in [1.165, 1.54) is 43.2 Å². The molecule has 0 spiro atoms. The zero-order valence-corrected chi connectivity index (χ0v) is 20.0. The van der Waals surface area contributed by atoms with E-state index in [0.29, 0.717) is 28.9 Å². The monoisotopic (exact) mass is 476 g/mol. The van der Waals surface area contributed by atoms with Crippen molar-refractivity contribution in [1.82, 2.24) is 29.7 Å². The van der Waals surface area contributed by atoms with Gasteiger partial charge in [0.15, 0.2) is 0 Å². The number of amides is 3. The minimum absolute atomic E-state index is 0.139. The van der Waals surface area contributed by atoms with Crippen LogP contribution in [0.3, 0.4) is 0 Å². The van der Waals surface area contributed by atoms with Crippen molar-refractivity contribution in [2.75, 3.05) is 44.3 Å². The minimum Gasteiger partial charge on any atom is -0.385 e. The maximum atomic E-state index is 12.9. The topological polar surface area (TPSA) is 121 Å². The molecular weight excluding hydrogens is 444 g/mol. The van der Waals surface area contributed by atoms with Crippen LogP contribution in [0.1, 0.15) is 32.1 Å². The molecule has 4 N–H and O–H groups in total. The van der Waals surface area contributed by atoms with E-state index in [9.17, 15) is 9.59 Å². The molecule has 184 valence electrons.